The molecule has 0 saturated carbocycles. The van der Waals surface area contributed by atoms with Gasteiger partial charge in [0.2, 0.25) is 5.91 Å². The van der Waals surface area contributed by atoms with Crippen molar-refractivity contribution in [2.75, 3.05) is 13.1 Å². The van der Waals surface area contributed by atoms with Crippen molar-refractivity contribution in [1.29, 1.82) is 0 Å². The number of carbonyl (C=O) groups excluding carboxylic acids is 2. The second-order valence-electron chi connectivity index (χ2n) is 5.30. The van der Waals surface area contributed by atoms with Gasteiger partial charge in [0.1, 0.15) is 10.1 Å². The fourth-order valence-corrected chi connectivity index (χ4v) is 3.44. The summed E-state index contributed by atoms with van der Waals surface area (Å²) in [5, 5.41) is 11.2. The number of nitrogens with zero attached hydrogens (tertiary/aromatic N) is 1. The number of furan rings is 1. The second-order valence-corrected chi connectivity index (χ2v) is 6.98. The molecule has 2 rings (SSSR count). The minimum absolute atomic E-state index is 0.0266. The molecule has 25 heavy (non-hydrogen) atoms. The first-order chi connectivity index (χ1) is 12.0. The average Bonchev–Trinajstić information content (AvgIpc) is 3.15. The van der Waals surface area contributed by atoms with E-state index in [1.165, 1.54) is 22.9 Å². The number of carboxylic acid groups (broad SMARTS) is 1. The Morgan fingerprint density at radius 1 is 1.36 bits per heavy atom. The van der Waals surface area contributed by atoms with Crippen LogP contribution in [0.15, 0.2) is 27.7 Å². The molecule has 1 aliphatic heterocycles. The quantitative estimate of drug-likeness (QED) is 0.384. The summed E-state index contributed by atoms with van der Waals surface area (Å²) in [6.07, 6.45) is 4.33. The molecule has 0 bridgehead atoms. The highest BCUT2D eigenvalue weighted by atomic mass is 32.2. The molecule has 1 aromatic rings. The number of nitrogens with one attached hydrogen (secondary N) is 1. The zero-order valence-electron chi connectivity index (χ0n) is 13.4. The summed E-state index contributed by atoms with van der Waals surface area (Å²) in [5.41, 5.74) is 0. The maximum atomic E-state index is 12.3. The van der Waals surface area contributed by atoms with Gasteiger partial charge in [-0.1, -0.05) is 24.0 Å². The zero-order chi connectivity index (χ0) is 18.2. The van der Waals surface area contributed by atoms with Gasteiger partial charge in [0.25, 0.3) is 5.91 Å². The van der Waals surface area contributed by atoms with Crippen molar-refractivity contribution in [3.63, 3.8) is 0 Å². The third kappa shape index (κ3) is 6.02. The molecule has 134 valence electrons. The molecule has 0 unspecified atom stereocenters. The molecule has 0 aromatic carbocycles. The summed E-state index contributed by atoms with van der Waals surface area (Å²) >= 11 is 6.43. The molecule has 2 heterocycles. The van der Waals surface area contributed by atoms with Gasteiger partial charge in [-0.25, -0.2) is 0 Å². The lowest BCUT2D eigenvalue weighted by molar-refractivity contribution is -0.137. The minimum atomic E-state index is -0.883. The van der Waals surface area contributed by atoms with Crippen molar-refractivity contribution in [1.82, 2.24) is 10.2 Å². The summed E-state index contributed by atoms with van der Waals surface area (Å²) in [6, 6.07) is 3.49. The fraction of sp³-hybridized carbons (Fsp3) is 0.375. The molecule has 1 fully saturated rings. The normalized spacial score (nSPS) is 15.8. The highest BCUT2D eigenvalue weighted by Crippen LogP contribution is 2.32. The van der Waals surface area contributed by atoms with Gasteiger partial charge in [0.05, 0.1) is 11.2 Å². The summed E-state index contributed by atoms with van der Waals surface area (Å²) in [6.45, 7) is 0.695. The van der Waals surface area contributed by atoms with Gasteiger partial charge in [0, 0.05) is 32.0 Å². The molecular weight excluding hydrogens is 364 g/mol. The molecule has 0 spiro atoms. The standard InChI is InChI=1S/C16H18N2O5S2/c19-13(17-7-1-6-14(20)21)5-2-8-18-15(22)12(25-16(18)24)10-11-4-3-9-23-11/h3-4,9-10H,1-2,5-8H2,(H,17,19)(H,20,21)/b12-10-. The van der Waals surface area contributed by atoms with Crippen LogP contribution >= 0.6 is 24.0 Å². The first-order valence-electron chi connectivity index (χ1n) is 7.74. The third-order valence-electron chi connectivity index (χ3n) is 3.37. The van der Waals surface area contributed by atoms with Gasteiger partial charge in [-0.3, -0.25) is 19.3 Å². The number of thioether (sulfide) groups is 1. The lowest BCUT2D eigenvalue weighted by Gasteiger charge is -2.14. The predicted octanol–water partition coefficient (Wildman–Crippen LogP) is 2.24. The third-order valence-corrected chi connectivity index (χ3v) is 4.74. The van der Waals surface area contributed by atoms with Crippen LogP contribution in [0.3, 0.4) is 0 Å². The van der Waals surface area contributed by atoms with E-state index in [-0.39, 0.29) is 24.7 Å². The van der Waals surface area contributed by atoms with Crippen molar-refractivity contribution >= 4 is 52.2 Å². The Balaban J connectivity index is 1.73. The van der Waals surface area contributed by atoms with E-state index in [4.69, 9.17) is 21.7 Å². The molecule has 1 aromatic heterocycles. The number of rotatable bonds is 9. The lowest BCUT2D eigenvalue weighted by atomic mass is 10.2. The first kappa shape index (κ1) is 19.2. The Hall–Kier alpha value is -2.13. The monoisotopic (exact) mass is 382 g/mol. The number of aliphatic carboxylic acids is 1. The van der Waals surface area contributed by atoms with Crippen molar-refractivity contribution in [3.8, 4) is 0 Å². The molecule has 0 atom stereocenters. The molecular formula is C16H18N2O5S2. The fourth-order valence-electron chi connectivity index (χ4n) is 2.15. The summed E-state index contributed by atoms with van der Waals surface area (Å²) < 4.78 is 5.66. The largest absolute Gasteiger partial charge is 0.481 e. The molecule has 2 amide bonds. The number of carbonyl (C=O) groups is 3. The van der Waals surface area contributed by atoms with E-state index >= 15 is 0 Å². The Morgan fingerprint density at radius 2 is 2.16 bits per heavy atom. The van der Waals surface area contributed by atoms with Crippen LogP contribution in [0.2, 0.25) is 0 Å². The Bertz CT molecular complexity index is 685. The SMILES string of the molecule is O=C(O)CCCNC(=O)CCCN1C(=O)/C(=C/c2ccco2)SC1=S. The number of amides is 2. The number of thiocarbonyl (C=S) groups is 1. The van der Waals surface area contributed by atoms with E-state index in [9.17, 15) is 14.4 Å². The van der Waals surface area contributed by atoms with Crippen LogP contribution in [-0.2, 0) is 14.4 Å². The van der Waals surface area contributed by atoms with Crippen LogP contribution in [0.4, 0.5) is 0 Å². The van der Waals surface area contributed by atoms with Crippen molar-refractivity contribution in [3.05, 3.63) is 29.1 Å². The van der Waals surface area contributed by atoms with E-state index in [1.54, 1.807) is 18.2 Å². The maximum Gasteiger partial charge on any atom is 0.303 e. The second kappa shape index (κ2) is 9.38. The smallest absolute Gasteiger partial charge is 0.303 e. The summed E-state index contributed by atoms with van der Waals surface area (Å²) in [4.78, 5) is 36.4. The van der Waals surface area contributed by atoms with Crippen LogP contribution in [0, 0.1) is 0 Å². The molecule has 9 heteroatoms. The predicted molar refractivity (Wildman–Crippen MR) is 97.7 cm³/mol. The van der Waals surface area contributed by atoms with E-state index < -0.39 is 5.97 Å². The number of hydrogen-bond donors (Lipinski definition) is 2. The average molecular weight is 382 g/mol. The maximum absolute atomic E-state index is 12.3. The van der Waals surface area contributed by atoms with Crippen LogP contribution in [0.5, 0.6) is 0 Å². The zero-order valence-corrected chi connectivity index (χ0v) is 15.0. The van der Waals surface area contributed by atoms with Crippen molar-refractivity contribution in [2.45, 2.75) is 25.7 Å². The van der Waals surface area contributed by atoms with E-state index in [2.05, 4.69) is 5.32 Å². The topological polar surface area (TPSA) is 99.9 Å². The molecule has 7 nitrogen and oxygen atoms in total. The molecule has 1 aliphatic rings. The van der Waals surface area contributed by atoms with Crippen LogP contribution in [0.1, 0.15) is 31.4 Å². The molecule has 2 N–H and O–H groups in total. The number of hydrogen-bond acceptors (Lipinski definition) is 6. The number of carboxylic acids is 1. The van der Waals surface area contributed by atoms with E-state index in [1.807, 2.05) is 0 Å². The van der Waals surface area contributed by atoms with Gasteiger partial charge in [-0.05, 0) is 25.0 Å². The highest BCUT2D eigenvalue weighted by molar-refractivity contribution is 8.26. The Labute approximate surface area is 154 Å². The highest BCUT2D eigenvalue weighted by Gasteiger charge is 2.31. The van der Waals surface area contributed by atoms with Crippen LogP contribution in [0.25, 0.3) is 6.08 Å². The minimum Gasteiger partial charge on any atom is -0.481 e. The summed E-state index contributed by atoms with van der Waals surface area (Å²) in [5.74, 6) is -0.650. The van der Waals surface area contributed by atoms with Gasteiger partial charge in [-0.2, -0.15) is 0 Å². The Kier molecular flexibility index (Phi) is 7.20. The van der Waals surface area contributed by atoms with Gasteiger partial charge in [-0.15, -0.1) is 0 Å². The van der Waals surface area contributed by atoms with E-state index in [0.29, 0.717) is 40.9 Å². The Morgan fingerprint density at radius 3 is 2.84 bits per heavy atom. The first-order valence-corrected chi connectivity index (χ1v) is 8.97. The van der Waals surface area contributed by atoms with Crippen molar-refractivity contribution in [2.24, 2.45) is 0 Å². The van der Waals surface area contributed by atoms with Gasteiger partial charge >= 0.3 is 5.97 Å². The van der Waals surface area contributed by atoms with E-state index in [0.717, 1.165) is 0 Å². The van der Waals surface area contributed by atoms with Crippen LogP contribution in [-0.4, -0.2) is 45.2 Å². The lowest BCUT2D eigenvalue weighted by Crippen LogP contribution is -2.31. The molecule has 0 radical (unpaired) electrons. The van der Waals surface area contributed by atoms with Gasteiger partial charge in [0.15, 0.2) is 0 Å². The molecule has 1 saturated heterocycles. The molecule has 0 aliphatic carbocycles. The summed E-state index contributed by atoms with van der Waals surface area (Å²) in [7, 11) is 0. The van der Waals surface area contributed by atoms with Crippen molar-refractivity contribution < 1.29 is 23.9 Å². The van der Waals surface area contributed by atoms with Gasteiger partial charge < -0.3 is 14.8 Å². The van der Waals surface area contributed by atoms with Crippen LogP contribution < -0.4 is 5.32 Å².